The Morgan fingerprint density at radius 1 is 1.11 bits per heavy atom. The van der Waals surface area contributed by atoms with Crippen LogP contribution in [0.5, 0.6) is 0 Å². The van der Waals surface area contributed by atoms with Crippen molar-refractivity contribution in [1.29, 1.82) is 0 Å². The van der Waals surface area contributed by atoms with Gasteiger partial charge in [0.05, 0.1) is 29.3 Å². The fraction of sp³-hybridized carbons (Fsp3) is 0.400. The zero-order valence-corrected chi connectivity index (χ0v) is 15.0. The lowest BCUT2D eigenvalue weighted by Gasteiger charge is -2.25. The van der Waals surface area contributed by atoms with E-state index in [9.17, 15) is 0 Å². The van der Waals surface area contributed by atoms with Gasteiger partial charge in [-0.3, -0.25) is 0 Å². The molecule has 4 aromatic rings. The number of benzene rings is 1. The molecule has 0 bridgehead atoms. The van der Waals surface area contributed by atoms with Crippen molar-refractivity contribution in [3.63, 3.8) is 0 Å². The van der Waals surface area contributed by atoms with Crippen LogP contribution in [0.1, 0.15) is 55.6 Å². The number of rotatable bonds is 5. The first-order chi connectivity index (χ1) is 13.3. The molecule has 0 atom stereocenters. The van der Waals surface area contributed by atoms with E-state index in [0.29, 0.717) is 18.5 Å². The van der Waals surface area contributed by atoms with Gasteiger partial charge in [-0.15, -0.1) is 0 Å². The van der Waals surface area contributed by atoms with Gasteiger partial charge < -0.3 is 10.3 Å². The van der Waals surface area contributed by atoms with Crippen LogP contribution in [0.15, 0.2) is 30.5 Å². The minimum Gasteiger partial charge on any atom is -0.360 e. The summed E-state index contributed by atoms with van der Waals surface area (Å²) in [4.78, 5) is 17.6. The number of hydrogen-bond acceptors (Lipinski definition) is 5. The number of para-hydroxylation sites is 2. The van der Waals surface area contributed by atoms with E-state index in [2.05, 4.69) is 20.0 Å². The highest BCUT2D eigenvalue weighted by molar-refractivity contribution is 5.83. The van der Waals surface area contributed by atoms with Gasteiger partial charge in [-0.25, -0.2) is 19.6 Å². The third-order valence-corrected chi connectivity index (χ3v) is 5.70. The molecule has 0 amide bonds. The van der Waals surface area contributed by atoms with Gasteiger partial charge in [0.25, 0.3) is 0 Å². The van der Waals surface area contributed by atoms with E-state index < -0.39 is 0 Å². The van der Waals surface area contributed by atoms with Crippen molar-refractivity contribution < 1.29 is 0 Å². The molecule has 2 aliphatic carbocycles. The Hall–Kier alpha value is -2.96. The van der Waals surface area contributed by atoms with Gasteiger partial charge in [-0.2, -0.15) is 5.10 Å². The Labute approximate surface area is 156 Å². The van der Waals surface area contributed by atoms with Crippen LogP contribution in [-0.4, -0.2) is 29.7 Å². The Bertz CT molecular complexity index is 1100. The van der Waals surface area contributed by atoms with Crippen LogP contribution in [0, 0.1) is 0 Å². The summed E-state index contributed by atoms with van der Waals surface area (Å²) in [6.07, 6.45) is 8.01. The summed E-state index contributed by atoms with van der Waals surface area (Å²) in [5.41, 5.74) is 4.94. The SMILES string of the molecule is c1ccc2[nH]c(CNc3nn(C4CCC4)c4nc(C5CC5)cnc34)nc2c1. The molecule has 3 heterocycles. The van der Waals surface area contributed by atoms with Crippen LogP contribution in [0.2, 0.25) is 0 Å². The fourth-order valence-corrected chi connectivity index (χ4v) is 3.76. The van der Waals surface area contributed by atoms with E-state index in [1.54, 1.807) is 0 Å². The molecule has 6 rings (SSSR count). The van der Waals surface area contributed by atoms with E-state index in [4.69, 9.17) is 15.1 Å². The minimum absolute atomic E-state index is 0.456. The van der Waals surface area contributed by atoms with Crippen molar-refractivity contribution in [3.8, 4) is 0 Å². The number of hydrogen-bond donors (Lipinski definition) is 2. The molecule has 2 aliphatic rings. The maximum atomic E-state index is 4.93. The first kappa shape index (κ1) is 15.1. The Kier molecular flexibility index (Phi) is 3.23. The summed E-state index contributed by atoms with van der Waals surface area (Å²) in [5.74, 6) is 2.29. The van der Waals surface area contributed by atoms with Crippen molar-refractivity contribution in [2.45, 2.75) is 50.6 Å². The van der Waals surface area contributed by atoms with E-state index in [1.165, 1.54) is 32.1 Å². The monoisotopic (exact) mass is 359 g/mol. The molecule has 0 aliphatic heterocycles. The van der Waals surface area contributed by atoms with Gasteiger partial charge in [-0.1, -0.05) is 12.1 Å². The molecule has 0 spiro atoms. The molecule has 2 N–H and O–H groups in total. The predicted molar refractivity (Wildman–Crippen MR) is 104 cm³/mol. The largest absolute Gasteiger partial charge is 0.360 e. The number of imidazole rings is 1. The van der Waals surface area contributed by atoms with Crippen molar-refractivity contribution in [1.82, 2.24) is 29.7 Å². The molecule has 2 fully saturated rings. The van der Waals surface area contributed by atoms with Crippen LogP contribution < -0.4 is 5.32 Å². The normalized spacial score (nSPS) is 17.5. The highest BCUT2D eigenvalue weighted by Gasteiger charge is 2.29. The highest BCUT2D eigenvalue weighted by Crippen LogP contribution is 2.40. The van der Waals surface area contributed by atoms with E-state index in [0.717, 1.165) is 39.5 Å². The summed E-state index contributed by atoms with van der Waals surface area (Å²) in [7, 11) is 0. The van der Waals surface area contributed by atoms with E-state index >= 15 is 0 Å². The maximum Gasteiger partial charge on any atom is 0.179 e. The minimum atomic E-state index is 0.456. The first-order valence-electron chi connectivity index (χ1n) is 9.78. The highest BCUT2D eigenvalue weighted by atomic mass is 15.4. The van der Waals surface area contributed by atoms with Crippen molar-refractivity contribution in [2.75, 3.05) is 5.32 Å². The third kappa shape index (κ3) is 2.57. The number of anilines is 1. The Balaban J connectivity index is 1.34. The quantitative estimate of drug-likeness (QED) is 0.564. The maximum absolute atomic E-state index is 4.93. The van der Waals surface area contributed by atoms with Crippen molar-refractivity contribution >= 4 is 28.0 Å². The summed E-state index contributed by atoms with van der Waals surface area (Å²) in [6.45, 7) is 0.581. The van der Waals surface area contributed by atoms with Gasteiger partial charge in [0.15, 0.2) is 17.0 Å². The molecule has 27 heavy (non-hydrogen) atoms. The first-order valence-corrected chi connectivity index (χ1v) is 9.78. The molecule has 136 valence electrons. The summed E-state index contributed by atoms with van der Waals surface area (Å²) >= 11 is 0. The molecule has 0 saturated heterocycles. The third-order valence-electron chi connectivity index (χ3n) is 5.70. The number of nitrogens with zero attached hydrogens (tertiary/aromatic N) is 5. The zero-order chi connectivity index (χ0) is 17.8. The van der Waals surface area contributed by atoms with E-state index in [1.807, 2.05) is 30.5 Å². The number of fused-ring (bicyclic) bond motifs is 2. The second kappa shape index (κ2) is 5.77. The van der Waals surface area contributed by atoms with Crippen molar-refractivity contribution in [2.24, 2.45) is 0 Å². The molecule has 7 heteroatoms. The van der Waals surface area contributed by atoms with Crippen LogP contribution in [0.4, 0.5) is 5.82 Å². The topological polar surface area (TPSA) is 84.3 Å². The number of aromatic nitrogens is 6. The van der Waals surface area contributed by atoms with Gasteiger partial charge in [0, 0.05) is 12.1 Å². The lowest BCUT2D eigenvalue weighted by Crippen LogP contribution is -2.18. The number of H-pyrrole nitrogens is 1. The number of nitrogens with one attached hydrogen (secondary N) is 2. The van der Waals surface area contributed by atoms with E-state index in [-0.39, 0.29) is 0 Å². The van der Waals surface area contributed by atoms with Crippen LogP contribution in [0.3, 0.4) is 0 Å². The Morgan fingerprint density at radius 2 is 2.00 bits per heavy atom. The van der Waals surface area contributed by atoms with Crippen LogP contribution in [-0.2, 0) is 6.54 Å². The predicted octanol–water partition coefficient (Wildman–Crippen LogP) is 3.92. The van der Waals surface area contributed by atoms with Gasteiger partial charge in [-0.05, 0) is 44.2 Å². The molecule has 1 aromatic carbocycles. The molecular formula is C20H21N7. The molecule has 7 nitrogen and oxygen atoms in total. The van der Waals surface area contributed by atoms with Gasteiger partial charge in [0.1, 0.15) is 5.82 Å². The van der Waals surface area contributed by atoms with Gasteiger partial charge >= 0.3 is 0 Å². The molecule has 3 aromatic heterocycles. The van der Waals surface area contributed by atoms with Gasteiger partial charge in [0.2, 0.25) is 0 Å². The second-order valence-corrected chi connectivity index (χ2v) is 7.67. The molecule has 0 radical (unpaired) electrons. The summed E-state index contributed by atoms with van der Waals surface area (Å²) < 4.78 is 2.10. The standard InChI is InChI=1S/C20H21N7/c1-2-7-15-14(6-1)23-17(24-15)11-22-19-18-20(27(26-19)13-4-3-5-13)25-16(10-21-18)12-8-9-12/h1-2,6-7,10,12-13H,3-5,8-9,11H2,(H,22,26)(H,23,24). The number of aromatic amines is 1. The fourth-order valence-electron chi connectivity index (χ4n) is 3.76. The van der Waals surface area contributed by atoms with Crippen LogP contribution in [0.25, 0.3) is 22.2 Å². The molecular weight excluding hydrogens is 338 g/mol. The smallest absolute Gasteiger partial charge is 0.179 e. The Morgan fingerprint density at radius 3 is 2.78 bits per heavy atom. The molecule has 2 saturated carbocycles. The van der Waals surface area contributed by atoms with Crippen LogP contribution >= 0.6 is 0 Å². The average molecular weight is 359 g/mol. The van der Waals surface area contributed by atoms with Crippen molar-refractivity contribution in [3.05, 3.63) is 42.0 Å². The molecule has 0 unspecified atom stereocenters. The zero-order valence-electron chi connectivity index (χ0n) is 15.0. The summed E-state index contributed by atoms with van der Waals surface area (Å²) in [5, 5.41) is 8.26. The average Bonchev–Trinajstić information content (AvgIpc) is 3.32. The lowest BCUT2D eigenvalue weighted by atomic mass is 9.93. The summed E-state index contributed by atoms with van der Waals surface area (Å²) in [6, 6.07) is 8.52. The lowest BCUT2D eigenvalue weighted by molar-refractivity contribution is 0.296. The second-order valence-electron chi connectivity index (χ2n) is 7.67.